The van der Waals surface area contributed by atoms with E-state index in [4.69, 9.17) is 0 Å². The molecule has 1 aliphatic carbocycles. The summed E-state index contributed by atoms with van der Waals surface area (Å²) in [7, 11) is 0. The number of imide groups is 1. The molecule has 3 atom stereocenters. The number of nitrogens with zero attached hydrogens (tertiary/aromatic N) is 1. The molecule has 28 heavy (non-hydrogen) atoms. The smallest absolute Gasteiger partial charge is 0.325 e. The fourth-order valence-electron chi connectivity index (χ4n) is 4.16. The van der Waals surface area contributed by atoms with E-state index in [1.807, 2.05) is 24.3 Å². The van der Waals surface area contributed by atoms with E-state index in [9.17, 15) is 14.4 Å². The molecule has 3 unspecified atom stereocenters. The van der Waals surface area contributed by atoms with Crippen molar-refractivity contribution in [3.8, 4) is 0 Å². The van der Waals surface area contributed by atoms with Gasteiger partial charge in [0.05, 0.1) is 0 Å². The van der Waals surface area contributed by atoms with Gasteiger partial charge >= 0.3 is 6.03 Å². The molecule has 1 saturated carbocycles. The molecule has 6 heteroatoms. The molecule has 1 saturated heterocycles. The van der Waals surface area contributed by atoms with E-state index in [1.54, 1.807) is 6.92 Å². The Morgan fingerprint density at radius 3 is 2.46 bits per heavy atom. The Bertz CT molecular complexity index is 759. The lowest BCUT2D eigenvalue weighted by Crippen LogP contribution is -2.47. The highest BCUT2D eigenvalue weighted by Gasteiger charge is 2.49. The molecule has 4 amide bonds. The van der Waals surface area contributed by atoms with E-state index in [0.29, 0.717) is 11.8 Å². The van der Waals surface area contributed by atoms with Crippen molar-refractivity contribution in [2.45, 2.75) is 70.9 Å². The molecule has 1 aromatic carbocycles. The number of rotatable bonds is 5. The second-order valence-corrected chi connectivity index (χ2v) is 8.66. The Balaban J connectivity index is 1.69. The number of amides is 4. The third-order valence-electron chi connectivity index (χ3n) is 6.19. The quantitative estimate of drug-likeness (QED) is 0.764. The first-order valence-electron chi connectivity index (χ1n) is 10.3. The van der Waals surface area contributed by atoms with Crippen LogP contribution in [0.2, 0.25) is 0 Å². The minimum absolute atomic E-state index is 0.122. The number of urea groups is 1. The van der Waals surface area contributed by atoms with E-state index in [1.165, 1.54) is 12.0 Å². The van der Waals surface area contributed by atoms with Gasteiger partial charge in [0.1, 0.15) is 12.1 Å². The molecule has 2 aliphatic rings. The monoisotopic (exact) mass is 385 g/mol. The molecule has 0 bridgehead atoms. The van der Waals surface area contributed by atoms with E-state index in [0.717, 1.165) is 29.7 Å². The van der Waals surface area contributed by atoms with Crippen LogP contribution in [0.4, 0.5) is 4.79 Å². The van der Waals surface area contributed by atoms with Gasteiger partial charge in [-0.05, 0) is 42.7 Å². The number of nitrogens with one attached hydrogen (secondary N) is 2. The summed E-state index contributed by atoms with van der Waals surface area (Å²) in [6.45, 7) is 7.79. The zero-order chi connectivity index (χ0) is 20.5. The lowest BCUT2D eigenvalue weighted by atomic mass is 9.86. The van der Waals surface area contributed by atoms with Crippen molar-refractivity contribution in [3.63, 3.8) is 0 Å². The van der Waals surface area contributed by atoms with E-state index >= 15 is 0 Å². The van der Waals surface area contributed by atoms with Gasteiger partial charge in [-0.25, -0.2) is 4.79 Å². The van der Waals surface area contributed by atoms with Gasteiger partial charge in [0.25, 0.3) is 5.91 Å². The van der Waals surface area contributed by atoms with Gasteiger partial charge in [-0.1, -0.05) is 57.9 Å². The first-order valence-corrected chi connectivity index (χ1v) is 10.3. The fraction of sp³-hybridized carbons (Fsp3) is 0.591. The first-order chi connectivity index (χ1) is 13.2. The Morgan fingerprint density at radius 1 is 1.21 bits per heavy atom. The molecule has 6 nitrogen and oxygen atoms in total. The molecule has 1 aliphatic heterocycles. The minimum Gasteiger partial charge on any atom is -0.352 e. The van der Waals surface area contributed by atoms with Gasteiger partial charge in [0.2, 0.25) is 5.91 Å². The summed E-state index contributed by atoms with van der Waals surface area (Å²) in [5, 5.41) is 5.78. The maximum absolute atomic E-state index is 13.0. The second-order valence-electron chi connectivity index (χ2n) is 8.66. The average molecular weight is 386 g/mol. The summed E-state index contributed by atoms with van der Waals surface area (Å²) in [5.74, 6) is 0.145. The highest BCUT2D eigenvalue weighted by molar-refractivity contribution is 6.09. The van der Waals surface area contributed by atoms with Crippen LogP contribution in [0.15, 0.2) is 24.3 Å². The maximum atomic E-state index is 13.0. The largest absolute Gasteiger partial charge is 0.352 e. The van der Waals surface area contributed by atoms with Gasteiger partial charge < -0.3 is 10.6 Å². The van der Waals surface area contributed by atoms with Crippen LogP contribution in [0.3, 0.4) is 0 Å². The van der Waals surface area contributed by atoms with Crippen molar-refractivity contribution >= 4 is 17.8 Å². The van der Waals surface area contributed by atoms with Crippen molar-refractivity contribution in [2.75, 3.05) is 6.54 Å². The normalized spacial score (nSPS) is 27.8. The van der Waals surface area contributed by atoms with Crippen LogP contribution in [-0.4, -0.2) is 35.3 Å². The van der Waals surface area contributed by atoms with Gasteiger partial charge in [-0.15, -0.1) is 0 Å². The molecule has 1 aromatic rings. The summed E-state index contributed by atoms with van der Waals surface area (Å²) in [5.41, 5.74) is 0.742. The zero-order valence-corrected chi connectivity index (χ0v) is 17.2. The molecular weight excluding hydrogens is 354 g/mol. The standard InChI is InChI=1S/C22H31N3O3/c1-14(2)16-9-11-17(12-10-16)22(4)20(27)25(21(28)24-22)13-19(26)23-18-8-6-5-7-15(18)3/h9-12,14-15,18H,5-8,13H2,1-4H3,(H,23,26)(H,24,28). The molecular formula is C22H31N3O3. The van der Waals surface area contributed by atoms with E-state index < -0.39 is 11.6 Å². The molecule has 1 heterocycles. The van der Waals surface area contributed by atoms with Crippen LogP contribution < -0.4 is 10.6 Å². The highest BCUT2D eigenvalue weighted by atomic mass is 16.2. The summed E-state index contributed by atoms with van der Waals surface area (Å²) >= 11 is 0. The molecule has 2 fully saturated rings. The SMILES string of the molecule is CC(C)c1ccc(C2(C)NC(=O)N(CC(=O)NC3CCCCC3C)C2=O)cc1. The van der Waals surface area contributed by atoms with Crippen LogP contribution in [0.25, 0.3) is 0 Å². The first kappa shape index (κ1) is 20.4. The van der Waals surface area contributed by atoms with Crippen LogP contribution in [0.5, 0.6) is 0 Å². The molecule has 0 radical (unpaired) electrons. The van der Waals surface area contributed by atoms with Crippen LogP contribution in [-0.2, 0) is 15.1 Å². The molecule has 0 aromatic heterocycles. The molecule has 2 N–H and O–H groups in total. The minimum atomic E-state index is -1.15. The number of hydrogen-bond donors (Lipinski definition) is 2. The lowest BCUT2D eigenvalue weighted by molar-refractivity contribution is -0.135. The summed E-state index contributed by atoms with van der Waals surface area (Å²) in [6.07, 6.45) is 4.34. The van der Waals surface area contributed by atoms with Gasteiger partial charge in [-0.3, -0.25) is 14.5 Å². The second kappa shape index (κ2) is 7.94. The Labute approximate surface area is 167 Å². The van der Waals surface area contributed by atoms with Crippen molar-refractivity contribution in [1.82, 2.24) is 15.5 Å². The third kappa shape index (κ3) is 3.91. The van der Waals surface area contributed by atoms with E-state index in [-0.39, 0.29) is 24.4 Å². The maximum Gasteiger partial charge on any atom is 0.325 e. The Hall–Kier alpha value is -2.37. The number of carbonyl (C=O) groups excluding carboxylic acids is 3. The van der Waals surface area contributed by atoms with Crippen molar-refractivity contribution in [1.29, 1.82) is 0 Å². The Morgan fingerprint density at radius 2 is 1.86 bits per heavy atom. The van der Waals surface area contributed by atoms with Crippen LogP contribution in [0, 0.1) is 5.92 Å². The number of carbonyl (C=O) groups is 3. The molecule has 152 valence electrons. The molecule has 0 spiro atoms. The van der Waals surface area contributed by atoms with Gasteiger partial charge in [0.15, 0.2) is 0 Å². The topological polar surface area (TPSA) is 78.5 Å². The lowest BCUT2D eigenvalue weighted by Gasteiger charge is -2.30. The Kier molecular flexibility index (Phi) is 5.77. The molecule has 3 rings (SSSR count). The van der Waals surface area contributed by atoms with Crippen molar-refractivity contribution < 1.29 is 14.4 Å². The van der Waals surface area contributed by atoms with Gasteiger partial charge in [-0.2, -0.15) is 0 Å². The zero-order valence-electron chi connectivity index (χ0n) is 17.2. The van der Waals surface area contributed by atoms with Gasteiger partial charge in [0, 0.05) is 6.04 Å². The predicted octanol–water partition coefficient (Wildman–Crippen LogP) is 3.27. The van der Waals surface area contributed by atoms with Crippen molar-refractivity contribution in [2.24, 2.45) is 5.92 Å². The average Bonchev–Trinajstić information content (AvgIpc) is 2.88. The third-order valence-corrected chi connectivity index (χ3v) is 6.19. The van der Waals surface area contributed by atoms with E-state index in [2.05, 4.69) is 31.4 Å². The fourth-order valence-corrected chi connectivity index (χ4v) is 4.16. The summed E-state index contributed by atoms with van der Waals surface area (Å²) < 4.78 is 0. The number of benzene rings is 1. The summed E-state index contributed by atoms with van der Waals surface area (Å²) in [4.78, 5) is 39.0. The summed E-state index contributed by atoms with van der Waals surface area (Å²) in [6, 6.07) is 7.31. The van der Waals surface area contributed by atoms with Crippen LogP contribution >= 0.6 is 0 Å². The number of hydrogen-bond acceptors (Lipinski definition) is 3. The highest BCUT2D eigenvalue weighted by Crippen LogP contribution is 2.30. The van der Waals surface area contributed by atoms with Crippen LogP contribution in [0.1, 0.15) is 70.4 Å². The van der Waals surface area contributed by atoms with Crippen molar-refractivity contribution in [3.05, 3.63) is 35.4 Å². The predicted molar refractivity (Wildman–Crippen MR) is 108 cm³/mol.